The van der Waals surface area contributed by atoms with Crippen molar-refractivity contribution in [3.63, 3.8) is 0 Å². The molecule has 0 fully saturated rings. The smallest absolute Gasteiger partial charge is 0.259 e. The van der Waals surface area contributed by atoms with E-state index in [1.165, 1.54) is 0 Å². The number of aromatic amines is 1. The summed E-state index contributed by atoms with van der Waals surface area (Å²) in [5.41, 5.74) is 1.52. The van der Waals surface area contributed by atoms with Crippen LogP contribution < -0.4 is 10.3 Å². The predicted molar refractivity (Wildman–Crippen MR) is 109 cm³/mol. The molecule has 0 aliphatic rings. The fraction of sp³-hybridized carbons (Fsp3) is 0.182. The van der Waals surface area contributed by atoms with Crippen LogP contribution in [-0.2, 0) is 13.2 Å². The maximum absolute atomic E-state index is 12.9. The molecule has 29 heavy (non-hydrogen) atoms. The maximum atomic E-state index is 12.9. The monoisotopic (exact) mass is 389 g/mol. The molecule has 4 rings (SSSR count). The summed E-state index contributed by atoms with van der Waals surface area (Å²) in [4.78, 5) is 16.0. The van der Waals surface area contributed by atoms with Crippen molar-refractivity contribution in [2.45, 2.75) is 19.3 Å². The Labute approximate surface area is 166 Å². The van der Waals surface area contributed by atoms with E-state index in [1.807, 2.05) is 36.5 Å². The number of nitrogens with one attached hydrogen (secondary N) is 1. The van der Waals surface area contributed by atoms with Gasteiger partial charge in [0.05, 0.1) is 24.6 Å². The Morgan fingerprint density at radius 3 is 2.66 bits per heavy atom. The predicted octanol–water partition coefficient (Wildman–Crippen LogP) is 2.29. The Morgan fingerprint density at radius 2 is 1.90 bits per heavy atom. The molecule has 0 aliphatic heterocycles. The third-order valence-corrected chi connectivity index (χ3v) is 4.90. The summed E-state index contributed by atoms with van der Waals surface area (Å²) in [6.45, 7) is -0.517. The molecule has 0 saturated heterocycles. The highest BCUT2D eigenvalue weighted by Crippen LogP contribution is 2.29. The van der Waals surface area contributed by atoms with Gasteiger partial charge in [0.1, 0.15) is 12.7 Å². The van der Waals surface area contributed by atoms with Crippen LogP contribution in [0.15, 0.2) is 59.5 Å². The largest absolute Gasteiger partial charge is 0.485 e. The van der Waals surface area contributed by atoms with Gasteiger partial charge in [0.25, 0.3) is 5.56 Å². The zero-order valence-electron chi connectivity index (χ0n) is 15.5. The van der Waals surface area contributed by atoms with Crippen molar-refractivity contribution in [1.82, 2.24) is 9.55 Å². The molecule has 2 aromatic heterocycles. The summed E-state index contributed by atoms with van der Waals surface area (Å²) >= 11 is 0. The normalized spacial score (nSPS) is 12.2. The summed E-state index contributed by atoms with van der Waals surface area (Å²) in [6, 6.07) is 16.7. The molecule has 7 nitrogen and oxygen atoms in total. The molecular weight excluding hydrogens is 370 g/mol. The molecule has 0 spiro atoms. The minimum atomic E-state index is -1.16. The third kappa shape index (κ3) is 3.36. The average Bonchev–Trinajstić information content (AvgIpc) is 3.24. The van der Waals surface area contributed by atoms with Crippen molar-refractivity contribution < 1.29 is 14.9 Å². The molecule has 1 unspecified atom stereocenters. The lowest BCUT2D eigenvalue weighted by molar-refractivity contribution is 0.0800. The Morgan fingerprint density at radius 1 is 1.10 bits per heavy atom. The van der Waals surface area contributed by atoms with Gasteiger partial charge in [-0.15, -0.1) is 0 Å². The summed E-state index contributed by atoms with van der Waals surface area (Å²) in [7, 11) is 0. The van der Waals surface area contributed by atoms with Gasteiger partial charge >= 0.3 is 0 Å². The maximum Gasteiger partial charge on any atom is 0.259 e. The molecular formula is C22H19N3O4. The van der Waals surface area contributed by atoms with Crippen molar-refractivity contribution in [3.05, 3.63) is 76.3 Å². The number of pyridine rings is 1. The average molecular weight is 389 g/mol. The Balaban J connectivity index is 1.84. The van der Waals surface area contributed by atoms with Gasteiger partial charge in [-0.25, -0.2) is 0 Å². The van der Waals surface area contributed by atoms with Crippen molar-refractivity contribution >= 4 is 21.7 Å². The van der Waals surface area contributed by atoms with Crippen LogP contribution in [0.1, 0.15) is 11.3 Å². The van der Waals surface area contributed by atoms with Crippen LogP contribution >= 0.6 is 0 Å². The zero-order valence-corrected chi connectivity index (χ0v) is 15.5. The Kier molecular flexibility index (Phi) is 5.04. The van der Waals surface area contributed by atoms with Crippen LogP contribution in [-0.4, -0.2) is 32.5 Å². The number of hydrogen-bond acceptors (Lipinski definition) is 5. The van der Waals surface area contributed by atoms with E-state index in [4.69, 9.17) is 4.74 Å². The summed E-state index contributed by atoms with van der Waals surface area (Å²) in [5, 5.41) is 30.7. The highest BCUT2D eigenvalue weighted by Gasteiger charge is 2.20. The molecule has 0 bridgehead atoms. The third-order valence-electron chi connectivity index (χ3n) is 4.90. The summed E-state index contributed by atoms with van der Waals surface area (Å²) < 4.78 is 7.24. The molecule has 4 aromatic rings. The van der Waals surface area contributed by atoms with E-state index in [1.54, 1.807) is 24.3 Å². The van der Waals surface area contributed by atoms with E-state index >= 15 is 0 Å². The first-order chi connectivity index (χ1) is 14.1. The number of nitriles is 1. The quantitative estimate of drug-likeness (QED) is 0.468. The lowest BCUT2D eigenvalue weighted by Crippen LogP contribution is -2.31. The number of fused-ring (bicyclic) bond motifs is 2. The van der Waals surface area contributed by atoms with Gasteiger partial charge in [-0.2, -0.15) is 5.26 Å². The number of rotatable bonds is 6. The Hall–Kier alpha value is -3.60. The first-order valence-corrected chi connectivity index (χ1v) is 9.16. The van der Waals surface area contributed by atoms with Gasteiger partial charge in [-0.05, 0) is 23.8 Å². The van der Waals surface area contributed by atoms with Crippen molar-refractivity contribution in [1.29, 1.82) is 5.26 Å². The van der Waals surface area contributed by atoms with Gasteiger partial charge in [0, 0.05) is 22.5 Å². The first kappa shape index (κ1) is 18.7. The zero-order chi connectivity index (χ0) is 20.4. The Bertz CT molecular complexity index is 1280. The van der Waals surface area contributed by atoms with E-state index in [0.717, 1.165) is 21.0 Å². The van der Waals surface area contributed by atoms with Crippen LogP contribution in [0, 0.1) is 11.3 Å². The number of aliphatic hydroxyl groups excluding tert-OH is 2. The molecule has 1 atom stereocenters. The highest BCUT2D eigenvalue weighted by atomic mass is 16.5. The van der Waals surface area contributed by atoms with Crippen LogP contribution in [0.25, 0.3) is 21.7 Å². The van der Waals surface area contributed by atoms with Crippen molar-refractivity contribution in [2.24, 2.45) is 0 Å². The molecule has 2 heterocycles. The van der Waals surface area contributed by atoms with Crippen LogP contribution in [0.3, 0.4) is 0 Å². The number of hydrogen-bond donors (Lipinski definition) is 3. The van der Waals surface area contributed by atoms with E-state index in [0.29, 0.717) is 10.8 Å². The molecule has 2 aromatic carbocycles. The van der Waals surface area contributed by atoms with E-state index in [9.17, 15) is 20.3 Å². The second-order valence-electron chi connectivity index (χ2n) is 6.73. The van der Waals surface area contributed by atoms with Crippen molar-refractivity contribution in [3.8, 4) is 11.8 Å². The minimum Gasteiger partial charge on any atom is -0.485 e. The van der Waals surface area contributed by atoms with Gasteiger partial charge < -0.3 is 19.9 Å². The molecule has 0 radical (unpaired) electrons. The number of nitrogens with zero attached hydrogens (tertiary/aromatic N) is 2. The lowest BCUT2D eigenvalue weighted by atomic mass is 10.1. The standard InChI is InChI=1S/C22H19N3O4/c23-10-20-21(29-13-14-4-3-7-19-16(14)8-9-24-19)17-5-1-2-6-18(17)22(28)25(20)11-15(27)12-26/h1-9,15,24,26-27H,11-13H2. The van der Waals surface area contributed by atoms with Crippen LogP contribution in [0.4, 0.5) is 0 Å². The SMILES string of the molecule is N#Cc1c(OCc2cccc3[nH]ccc23)c2ccccc2c(=O)n1CC(O)CO. The number of ether oxygens (including phenoxy) is 1. The summed E-state index contributed by atoms with van der Waals surface area (Å²) in [5.74, 6) is 0.278. The van der Waals surface area contributed by atoms with Gasteiger partial charge in [-0.1, -0.05) is 30.3 Å². The minimum absolute atomic E-state index is 0.0162. The molecule has 7 heteroatoms. The second-order valence-corrected chi connectivity index (χ2v) is 6.73. The van der Waals surface area contributed by atoms with Crippen LogP contribution in [0.5, 0.6) is 5.75 Å². The number of aromatic nitrogens is 2. The van der Waals surface area contributed by atoms with E-state index in [2.05, 4.69) is 4.98 Å². The van der Waals surface area contributed by atoms with Crippen LogP contribution in [0.2, 0.25) is 0 Å². The topological polar surface area (TPSA) is 111 Å². The molecule has 0 aliphatic carbocycles. The molecule has 3 N–H and O–H groups in total. The fourth-order valence-electron chi connectivity index (χ4n) is 3.49. The van der Waals surface area contributed by atoms with Gasteiger partial charge in [-0.3, -0.25) is 9.36 Å². The fourth-order valence-corrected chi connectivity index (χ4v) is 3.49. The number of H-pyrrole nitrogens is 1. The molecule has 146 valence electrons. The molecule has 0 saturated carbocycles. The van der Waals surface area contributed by atoms with E-state index < -0.39 is 18.3 Å². The number of benzene rings is 2. The second kappa shape index (κ2) is 7.80. The first-order valence-electron chi connectivity index (χ1n) is 9.16. The lowest BCUT2D eigenvalue weighted by Gasteiger charge is -2.18. The number of aliphatic hydroxyl groups is 2. The van der Waals surface area contributed by atoms with Gasteiger partial charge in [0.15, 0.2) is 11.4 Å². The molecule has 0 amide bonds. The van der Waals surface area contributed by atoms with E-state index in [-0.39, 0.29) is 24.6 Å². The highest BCUT2D eigenvalue weighted by molar-refractivity contribution is 5.89. The summed E-state index contributed by atoms with van der Waals surface area (Å²) in [6.07, 6.45) is 0.684. The van der Waals surface area contributed by atoms with Gasteiger partial charge in [0.2, 0.25) is 0 Å². The van der Waals surface area contributed by atoms with Crippen molar-refractivity contribution in [2.75, 3.05) is 6.61 Å².